The Balaban J connectivity index is 1.21. The van der Waals surface area contributed by atoms with Gasteiger partial charge in [0.05, 0.1) is 30.1 Å². The van der Waals surface area contributed by atoms with Gasteiger partial charge in [0.1, 0.15) is 46.0 Å². The molecule has 290 valence electrons. The third kappa shape index (κ3) is 7.72. The number of allylic oxidation sites excluding steroid dienone is 1. The van der Waals surface area contributed by atoms with Crippen molar-refractivity contribution in [3.05, 3.63) is 47.0 Å². The molecule has 2 aromatic heterocycles. The summed E-state index contributed by atoms with van der Waals surface area (Å²) >= 11 is 1.50. The van der Waals surface area contributed by atoms with Gasteiger partial charge < -0.3 is 24.4 Å². The summed E-state index contributed by atoms with van der Waals surface area (Å²) in [6.45, 7) is 8.29. The van der Waals surface area contributed by atoms with Crippen molar-refractivity contribution in [2.45, 2.75) is 114 Å². The molecular formula is C39H49N5O8S2. The van der Waals surface area contributed by atoms with Crippen molar-refractivity contribution >= 4 is 50.0 Å². The topological polar surface area (TPSA) is 166 Å². The van der Waals surface area contributed by atoms with Gasteiger partial charge in [0.15, 0.2) is 0 Å². The summed E-state index contributed by atoms with van der Waals surface area (Å²) in [5.74, 6) is -0.595. The van der Waals surface area contributed by atoms with Gasteiger partial charge in [-0.15, -0.1) is 11.3 Å². The standard InChI is InChI=1S/C39H49N5O8S2/c1-22(2)30-21-53-36(41-30)29-18-33(28-14-15-32(50-5)23(3)34(28)40-29)52-26-17-31-35(45)42-39(38(47)43-54(48,49)27-12-13-27)19-25(39)11-9-7-6-8-10-16-51-24(4)37(46)44(31)20-26/h9,11,14-15,18,21-22,24-27,31H,6-8,10,12-13,16-17,19-20H2,1-5H3,(H,42,45)(H,43,47). The smallest absolute Gasteiger partial charge is 0.259 e. The fraction of sp³-hybridized carbons (Fsp3) is 0.564. The fourth-order valence-corrected chi connectivity index (χ4v) is 9.67. The molecular weight excluding hydrogens is 731 g/mol. The Kier molecular flexibility index (Phi) is 10.8. The van der Waals surface area contributed by atoms with Gasteiger partial charge in [0.2, 0.25) is 15.9 Å². The molecule has 0 bridgehead atoms. The van der Waals surface area contributed by atoms with Gasteiger partial charge >= 0.3 is 0 Å². The molecule has 5 unspecified atom stereocenters. The summed E-state index contributed by atoms with van der Waals surface area (Å²) in [6.07, 6.45) is 7.17. The number of benzene rings is 1. The molecule has 1 aromatic carbocycles. The summed E-state index contributed by atoms with van der Waals surface area (Å²) in [5.41, 5.74) is 1.66. The van der Waals surface area contributed by atoms with E-state index >= 15 is 0 Å². The molecule has 7 rings (SSSR count). The molecule has 15 heteroatoms. The van der Waals surface area contributed by atoms with Crippen LogP contribution in [0, 0.1) is 12.8 Å². The number of pyridine rings is 1. The average molecular weight is 780 g/mol. The van der Waals surface area contributed by atoms with Crippen LogP contribution in [0.3, 0.4) is 0 Å². The van der Waals surface area contributed by atoms with Gasteiger partial charge in [0, 0.05) is 41.3 Å². The van der Waals surface area contributed by atoms with Crippen LogP contribution in [0.15, 0.2) is 35.7 Å². The Labute approximate surface area is 320 Å². The van der Waals surface area contributed by atoms with Gasteiger partial charge in [-0.1, -0.05) is 32.4 Å². The first-order valence-electron chi connectivity index (χ1n) is 18.9. The number of ether oxygens (including phenoxy) is 3. The number of nitrogens with zero attached hydrogens (tertiary/aromatic N) is 3. The predicted octanol–water partition coefficient (Wildman–Crippen LogP) is 5.17. The van der Waals surface area contributed by atoms with Crippen LogP contribution < -0.4 is 19.5 Å². The van der Waals surface area contributed by atoms with E-state index in [4.69, 9.17) is 24.2 Å². The lowest BCUT2D eigenvalue weighted by Gasteiger charge is -2.28. The van der Waals surface area contributed by atoms with E-state index in [-0.39, 0.29) is 37.1 Å². The molecule has 2 aliphatic carbocycles. The van der Waals surface area contributed by atoms with Crippen molar-refractivity contribution in [2.75, 3.05) is 20.3 Å². The summed E-state index contributed by atoms with van der Waals surface area (Å²) in [7, 11) is -2.25. The van der Waals surface area contributed by atoms with Crippen LogP contribution in [0.2, 0.25) is 0 Å². The van der Waals surface area contributed by atoms with Gasteiger partial charge in [0.25, 0.3) is 11.8 Å². The lowest BCUT2D eigenvalue weighted by atomic mass is 10.1. The average Bonchev–Trinajstić information content (AvgIpc) is 4.01. The third-order valence-electron chi connectivity index (χ3n) is 10.9. The maximum Gasteiger partial charge on any atom is 0.259 e. The Morgan fingerprint density at radius 2 is 1.94 bits per heavy atom. The Morgan fingerprint density at radius 3 is 2.67 bits per heavy atom. The zero-order valence-corrected chi connectivity index (χ0v) is 33.1. The highest BCUT2D eigenvalue weighted by molar-refractivity contribution is 7.91. The van der Waals surface area contributed by atoms with E-state index in [0.717, 1.165) is 47.3 Å². The summed E-state index contributed by atoms with van der Waals surface area (Å²) in [6, 6.07) is 4.60. The lowest BCUT2D eigenvalue weighted by Crippen LogP contribution is -2.57. The van der Waals surface area contributed by atoms with Crippen LogP contribution in [0.4, 0.5) is 0 Å². The first-order valence-corrected chi connectivity index (χ1v) is 21.3. The summed E-state index contributed by atoms with van der Waals surface area (Å²) < 4.78 is 46.2. The van der Waals surface area contributed by atoms with Crippen molar-refractivity contribution in [3.8, 4) is 22.2 Å². The SMILES string of the molecule is COc1ccc2c(OC3CC4C(=O)NC5(C(=O)NS(=O)(=O)C6CC6)CC5C=CCCCCCOC(C)C(=O)N4C3)cc(-c3nc(C(C)C)cs3)nc2c1C. The lowest BCUT2D eigenvalue weighted by molar-refractivity contribution is -0.147. The number of carbonyl (C=O) groups is 3. The number of amides is 3. The minimum Gasteiger partial charge on any atom is -0.496 e. The van der Waals surface area contributed by atoms with Crippen LogP contribution in [0.5, 0.6) is 11.5 Å². The molecule has 0 spiro atoms. The molecule has 1 saturated heterocycles. The number of fused-ring (bicyclic) bond motifs is 3. The molecule has 4 aliphatic rings. The number of thiazole rings is 1. The third-order valence-corrected chi connectivity index (χ3v) is 13.6. The molecule has 5 atom stereocenters. The second-order valence-corrected chi connectivity index (χ2v) is 18.1. The van der Waals surface area contributed by atoms with Crippen LogP contribution in [0.25, 0.3) is 21.6 Å². The molecule has 13 nitrogen and oxygen atoms in total. The molecule has 54 heavy (non-hydrogen) atoms. The zero-order valence-electron chi connectivity index (χ0n) is 31.4. The highest BCUT2D eigenvalue weighted by Gasteiger charge is 2.62. The molecule has 4 heterocycles. The first-order chi connectivity index (χ1) is 25.8. The Hall–Kier alpha value is -4.08. The van der Waals surface area contributed by atoms with Crippen molar-refractivity contribution in [1.82, 2.24) is 24.9 Å². The van der Waals surface area contributed by atoms with E-state index in [1.165, 1.54) is 16.2 Å². The van der Waals surface area contributed by atoms with Crippen LogP contribution in [-0.2, 0) is 29.1 Å². The molecule has 3 fully saturated rings. The van der Waals surface area contributed by atoms with Crippen molar-refractivity contribution < 1.29 is 37.0 Å². The van der Waals surface area contributed by atoms with E-state index in [0.29, 0.717) is 42.2 Å². The number of hydrogen-bond acceptors (Lipinski definition) is 11. The predicted molar refractivity (Wildman–Crippen MR) is 205 cm³/mol. The highest BCUT2D eigenvalue weighted by Crippen LogP contribution is 2.46. The molecule has 0 radical (unpaired) electrons. The number of hydrogen-bond donors (Lipinski definition) is 2. The number of aromatic nitrogens is 2. The number of aryl methyl sites for hydroxylation is 1. The van der Waals surface area contributed by atoms with Crippen LogP contribution in [-0.4, -0.2) is 90.3 Å². The second kappa shape index (κ2) is 15.2. The minimum atomic E-state index is -3.86. The zero-order chi connectivity index (χ0) is 38.4. The molecule has 2 N–H and O–H groups in total. The molecule has 3 amide bonds. The van der Waals surface area contributed by atoms with Crippen LogP contribution >= 0.6 is 11.3 Å². The van der Waals surface area contributed by atoms with Gasteiger partial charge in [-0.3, -0.25) is 19.1 Å². The maximum absolute atomic E-state index is 14.3. The van der Waals surface area contributed by atoms with Crippen molar-refractivity contribution in [2.24, 2.45) is 5.92 Å². The van der Waals surface area contributed by atoms with Crippen LogP contribution in [0.1, 0.15) is 89.3 Å². The van der Waals surface area contributed by atoms with E-state index < -0.39 is 50.9 Å². The molecule has 2 saturated carbocycles. The first kappa shape index (κ1) is 38.2. The van der Waals surface area contributed by atoms with Gasteiger partial charge in [-0.05, 0) is 70.4 Å². The van der Waals surface area contributed by atoms with Crippen molar-refractivity contribution in [3.63, 3.8) is 0 Å². The number of rotatable bonds is 8. The minimum absolute atomic E-state index is 0.0895. The summed E-state index contributed by atoms with van der Waals surface area (Å²) in [4.78, 5) is 53.4. The normalized spacial score (nSPS) is 26.7. The molecule has 2 aliphatic heterocycles. The Bertz CT molecular complexity index is 2080. The Morgan fingerprint density at radius 1 is 1.15 bits per heavy atom. The quantitative estimate of drug-likeness (QED) is 0.292. The number of methoxy groups -OCH3 is 1. The number of sulfonamides is 1. The largest absolute Gasteiger partial charge is 0.496 e. The molecule has 3 aromatic rings. The van der Waals surface area contributed by atoms with E-state index in [2.05, 4.69) is 23.9 Å². The van der Waals surface area contributed by atoms with Crippen molar-refractivity contribution in [1.29, 1.82) is 0 Å². The van der Waals surface area contributed by atoms with E-state index in [1.807, 2.05) is 42.7 Å². The monoisotopic (exact) mass is 779 g/mol. The fourth-order valence-electron chi connectivity index (χ4n) is 7.36. The van der Waals surface area contributed by atoms with Gasteiger partial charge in [-0.25, -0.2) is 18.4 Å². The van der Waals surface area contributed by atoms with Gasteiger partial charge in [-0.2, -0.15) is 0 Å². The summed E-state index contributed by atoms with van der Waals surface area (Å²) in [5, 5.41) is 5.83. The van der Waals surface area contributed by atoms with E-state index in [1.54, 1.807) is 14.0 Å². The number of nitrogens with one attached hydrogen (secondary N) is 2. The maximum atomic E-state index is 14.3. The second-order valence-electron chi connectivity index (χ2n) is 15.2. The number of carbonyl (C=O) groups excluding carboxylic acids is 3. The highest BCUT2D eigenvalue weighted by atomic mass is 32.2. The van der Waals surface area contributed by atoms with E-state index in [9.17, 15) is 22.8 Å².